The summed E-state index contributed by atoms with van der Waals surface area (Å²) < 4.78 is 38.5. The molecule has 218 valence electrons. The van der Waals surface area contributed by atoms with Crippen LogP contribution in [0.5, 0.6) is 11.5 Å². The first-order valence-electron chi connectivity index (χ1n) is 13.6. The summed E-state index contributed by atoms with van der Waals surface area (Å²) in [5, 5.41) is 3.02. The van der Waals surface area contributed by atoms with E-state index >= 15 is 0 Å². The third-order valence-corrected chi connectivity index (χ3v) is 8.33. The van der Waals surface area contributed by atoms with Crippen molar-refractivity contribution in [2.75, 3.05) is 23.4 Å². The molecule has 9 nitrogen and oxygen atoms in total. The average molecular weight is 580 g/mol. The molecule has 0 saturated heterocycles. The fraction of sp³-hybridized carbons (Fsp3) is 0.355. The maximum atomic E-state index is 14.2. The number of nitrogens with zero attached hydrogens (tertiary/aromatic N) is 2. The molecule has 3 aromatic rings. The molecule has 0 bridgehead atoms. The summed E-state index contributed by atoms with van der Waals surface area (Å²) in [6.45, 7) is 6.82. The number of hydrogen-bond acceptors (Lipinski definition) is 6. The second kappa shape index (κ2) is 12.6. The highest BCUT2D eigenvalue weighted by atomic mass is 32.2. The van der Waals surface area contributed by atoms with Crippen LogP contribution < -0.4 is 19.1 Å². The smallest absolute Gasteiger partial charge is 0.244 e. The van der Waals surface area contributed by atoms with Gasteiger partial charge in [-0.2, -0.15) is 0 Å². The zero-order valence-electron chi connectivity index (χ0n) is 23.9. The Hall–Kier alpha value is -4.05. The van der Waals surface area contributed by atoms with Gasteiger partial charge in [-0.15, -0.1) is 0 Å². The SMILES string of the molecule is CCS(=O)(=O)N(CC(=O)N(Cc1ccccc1)[C@H](Cc1ccccc1)C(=O)NC(C)(C)C)c1ccc2c(c1)OCO2. The summed E-state index contributed by atoms with van der Waals surface area (Å²) in [6, 6.07) is 22.7. The van der Waals surface area contributed by atoms with E-state index in [-0.39, 0.29) is 37.1 Å². The minimum absolute atomic E-state index is 0.0349. The van der Waals surface area contributed by atoms with Crippen LogP contribution in [0, 0.1) is 0 Å². The first-order valence-corrected chi connectivity index (χ1v) is 15.2. The van der Waals surface area contributed by atoms with Crippen molar-refractivity contribution in [2.24, 2.45) is 0 Å². The molecule has 0 unspecified atom stereocenters. The van der Waals surface area contributed by atoms with Crippen molar-refractivity contribution in [2.45, 2.75) is 52.2 Å². The lowest BCUT2D eigenvalue weighted by atomic mass is 10.0. The second-order valence-electron chi connectivity index (χ2n) is 10.9. The summed E-state index contributed by atoms with van der Waals surface area (Å²) in [5.74, 6) is -0.141. The Morgan fingerprint density at radius 1 is 0.902 bits per heavy atom. The van der Waals surface area contributed by atoms with Gasteiger partial charge < -0.3 is 19.7 Å². The van der Waals surface area contributed by atoms with Crippen LogP contribution in [0.4, 0.5) is 5.69 Å². The number of fused-ring (bicyclic) bond motifs is 1. The van der Waals surface area contributed by atoms with Gasteiger partial charge >= 0.3 is 0 Å². The first kappa shape index (κ1) is 29.9. The topological polar surface area (TPSA) is 105 Å². The lowest BCUT2D eigenvalue weighted by Gasteiger charge is -2.35. The molecule has 0 aliphatic carbocycles. The molecule has 4 rings (SSSR count). The van der Waals surface area contributed by atoms with Crippen LogP contribution >= 0.6 is 0 Å². The van der Waals surface area contributed by atoms with Crippen LogP contribution in [0.2, 0.25) is 0 Å². The monoisotopic (exact) mass is 579 g/mol. The van der Waals surface area contributed by atoms with Crippen molar-refractivity contribution in [1.82, 2.24) is 10.2 Å². The molecule has 0 spiro atoms. The number of hydrogen-bond donors (Lipinski definition) is 1. The largest absolute Gasteiger partial charge is 0.454 e. The molecular formula is C31H37N3O6S. The van der Waals surface area contributed by atoms with Crippen LogP contribution in [-0.4, -0.2) is 55.8 Å². The van der Waals surface area contributed by atoms with Crippen LogP contribution in [0.1, 0.15) is 38.8 Å². The van der Waals surface area contributed by atoms with Crippen molar-refractivity contribution < 1.29 is 27.5 Å². The summed E-state index contributed by atoms with van der Waals surface area (Å²) in [5.41, 5.74) is 1.43. The van der Waals surface area contributed by atoms with Gasteiger partial charge in [0.25, 0.3) is 0 Å². The zero-order chi connectivity index (χ0) is 29.6. The van der Waals surface area contributed by atoms with E-state index in [1.807, 2.05) is 81.4 Å². The van der Waals surface area contributed by atoms with E-state index in [9.17, 15) is 18.0 Å². The van der Waals surface area contributed by atoms with Gasteiger partial charge in [0.15, 0.2) is 11.5 Å². The van der Waals surface area contributed by atoms with Crippen LogP contribution in [-0.2, 0) is 32.6 Å². The van der Waals surface area contributed by atoms with E-state index in [2.05, 4.69) is 5.32 Å². The van der Waals surface area contributed by atoms with Crippen molar-refractivity contribution in [3.05, 3.63) is 90.0 Å². The third-order valence-electron chi connectivity index (χ3n) is 6.59. The number of anilines is 1. The number of carbonyl (C=O) groups is 2. The molecule has 1 N–H and O–H groups in total. The zero-order valence-corrected chi connectivity index (χ0v) is 24.7. The maximum absolute atomic E-state index is 14.2. The lowest BCUT2D eigenvalue weighted by molar-refractivity contribution is -0.140. The van der Waals surface area contributed by atoms with Gasteiger partial charge in [0.2, 0.25) is 28.6 Å². The Balaban J connectivity index is 1.74. The first-order chi connectivity index (χ1) is 19.5. The molecule has 10 heteroatoms. The molecule has 41 heavy (non-hydrogen) atoms. The highest BCUT2D eigenvalue weighted by molar-refractivity contribution is 7.92. The standard InChI is InChI=1S/C31H37N3O6S/c1-5-41(37,38)34(25-16-17-27-28(19-25)40-22-39-27)21-29(35)33(20-24-14-10-7-11-15-24)26(30(36)32-31(2,3)4)18-23-12-8-6-9-13-23/h6-17,19,26H,5,18,20-22H2,1-4H3,(H,32,36)/t26-/m1/s1. The van der Waals surface area contributed by atoms with E-state index in [1.165, 1.54) is 11.8 Å². The highest BCUT2D eigenvalue weighted by Crippen LogP contribution is 2.36. The number of ether oxygens (including phenoxy) is 2. The Morgan fingerprint density at radius 2 is 1.51 bits per heavy atom. The Morgan fingerprint density at radius 3 is 2.12 bits per heavy atom. The number of rotatable bonds is 11. The fourth-order valence-electron chi connectivity index (χ4n) is 4.55. The molecule has 2 amide bonds. The third kappa shape index (κ3) is 7.79. The predicted octanol–water partition coefficient (Wildman–Crippen LogP) is 4.13. The van der Waals surface area contributed by atoms with Crippen molar-refractivity contribution in [3.8, 4) is 11.5 Å². The van der Waals surface area contributed by atoms with Crippen molar-refractivity contribution in [1.29, 1.82) is 0 Å². The van der Waals surface area contributed by atoms with E-state index in [0.29, 0.717) is 11.5 Å². The van der Waals surface area contributed by atoms with E-state index < -0.39 is 34.1 Å². The molecule has 1 aliphatic rings. The van der Waals surface area contributed by atoms with Gasteiger partial charge in [0.1, 0.15) is 12.6 Å². The molecule has 1 aliphatic heterocycles. The second-order valence-corrected chi connectivity index (χ2v) is 13.1. The van der Waals surface area contributed by atoms with Gasteiger partial charge in [0, 0.05) is 24.6 Å². The lowest BCUT2D eigenvalue weighted by Crippen LogP contribution is -2.56. The van der Waals surface area contributed by atoms with E-state index in [4.69, 9.17) is 9.47 Å². The van der Waals surface area contributed by atoms with Gasteiger partial charge in [-0.25, -0.2) is 8.42 Å². The van der Waals surface area contributed by atoms with Crippen molar-refractivity contribution >= 4 is 27.5 Å². The van der Waals surface area contributed by atoms with Gasteiger partial charge in [0.05, 0.1) is 11.4 Å². The molecule has 1 heterocycles. The van der Waals surface area contributed by atoms with E-state index in [1.54, 1.807) is 18.2 Å². The summed E-state index contributed by atoms with van der Waals surface area (Å²) >= 11 is 0. The minimum atomic E-state index is -3.88. The molecular weight excluding hydrogens is 542 g/mol. The van der Waals surface area contributed by atoms with Crippen LogP contribution in [0.25, 0.3) is 0 Å². The molecule has 0 radical (unpaired) electrons. The quantitative estimate of drug-likeness (QED) is 0.366. The summed E-state index contributed by atoms with van der Waals surface area (Å²) in [4.78, 5) is 29.5. The van der Waals surface area contributed by atoms with E-state index in [0.717, 1.165) is 15.4 Å². The number of amides is 2. The van der Waals surface area contributed by atoms with Crippen molar-refractivity contribution in [3.63, 3.8) is 0 Å². The average Bonchev–Trinajstić information content (AvgIpc) is 3.41. The number of benzene rings is 3. The van der Waals surface area contributed by atoms with Crippen LogP contribution in [0.3, 0.4) is 0 Å². The predicted molar refractivity (Wildman–Crippen MR) is 158 cm³/mol. The Labute approximate surface area is 242 Å². The molecule has 1 atom stereocenters. The Bertz CT molecular complexity index is 1460. The summed E-state index contributed by atoms with van der Waals surface area (Å²) in [6.07, 6.45) is 0.256. The number of carbonyl (C=O) groups excluding carboxylic acids is 2. The number of nitrogens with one attached hydrogen (secondary N) is 1. The minimum Gasteiger partial charge on any atom is -0.454 e. The molecule has 0 aromatic heterocycles. The molecule has 3 aromatic carbocycles. The Kier molecular flexibility index (Phi) is 9.22. The number of sulfonamides is 1. The summed E-state index contributed by atoms with van der Waals surface area (Å²) in [7, 11) is -3.88. The van der Waals surface area contributed by atoms with Gasteiger partial charge in [-0.3, -0.25) is 13.9 Å². The molecule has 0 fully saturated rings. The molecule has 0 saturated carbocycles. The van der Waals surface area contributed by atoms with Gasteiger partial charge in [-0.1, -0.05) is 60.7 Å². The maximum Gasteiger partial charge on any atom is 0.244 e. The normalized spacial score (nSPS) is 13.4. The van der Waals surface area contributed by atoms with Gasteiger partial charge in [-0.05, 0) is 51.0 Å². The fourth-order valence-corrected chi connectivity index (χ4v) is 5.60. The highest BCUT2D eigenvalue weighted by Gasteiger charge is 2.35. The van der Waals surface area contributed by atoms with Crippen LogP contribution in [0.15, 0.2) is 78.9 Å².